The molecule has 4 nitrogen and oxygen atoms in total. The number of likely N-dealkylation sites (tertiary alicyclic amines) is 1. The van der Waals surface area contributed by atoms with E-state index in [-0.39, 0.29) is 6.03 Å². The van der Waals surface area contributed by atoms with Gasteiger partial charge in [0, 0.05) is 12.6 Å². The van der Waals surface area contributed by atoms with Crippen molar-refractivity contribution in [2.45, 2.75) is 26.3 Å². The summed E-state index contributed by atoms with van der Waals surface area (Å²) in [6.45, 7) is 5.09. The number of carbonyl (C=O) groups is 1. The summed E-state index contributed by atoms with van der Waals surface area (Å²) in [4.78, 5) is 17.6. The van der Waals surface area contributed by atoms with Crippen molar-refractivity contribution in [3.63, 3.8) is 0 Å². The molecule has 0 aromatic rings. The highest BCUT2D eigenvalue weighted by atomic mass is 16.6. The molecule has 1 aliphatic rings. The third-order valence-corrected chi connectivity index (χ3v) is 2.29. The van der Waals surface area contributed by atoms with Crippen LogP contribution in [0.2, 0.25) is 0 Å². The minimum absolute atomic E-state index is 0.123. The first-order valence-corrected chi connectivity index (χ1v) is 4.26. The first-order chi connectivity index (χ1) is 5.66. The maximum Gasteiger partial charge on any atom is 0.341 e. The molecule has 4 heteroatoms. The zero-order valence-electron chi connectivity index (χ0n) is 7.83. The van der Waals surface area contributed by atoms with Gasteiger partial charge in [-0.05, 0) is 12.3 Å². The average molecular weight is 172 g/mol. The monoisotopic (exact) mass is 172 g/mol. The van der Waals surface area contributed by atoms with Gasteiger partial charge in [0.1, 0.15) is 0 Å². The molecule has 1 unspecified atom stereocenters. The SMILES string of the molecule is CONC(=O)N1CCC1C(C)C. The summed E-state index contributed by atoms with van der Waals surface area (Å²) in [5, 5.41) is 0. The third-order valence-electron chi connectivity index (χ3n) is 2.29. The van der Waals surface area contributed by atoms with Crippen LogP contribution in [-0.4, -0.2) is 30.6 Å². The summed E-state index contributed by atoms with van der Waals surface area (Å²) < 4.78 is 0. The average Bonchev–Trinajstić information content (AvgIpc) is 1.82. The lowest BCUT2D eigenvalue weighted by Crippen LogP contribution is -2.56. The van der Waals surface area contributed by atoms with E-state index in [0.717, 1.165) is 13.0 Å². The van der Waals surface area contributed by atoms with Crippen LogP contribution in [0.15, 0.2) is 0 Å². The molecule has 1 fully saturated rings. The number of nitrogens with one attached hydrogen (secondary N) is 1. The van der Waals surface area contributed by atoms with E-state index >= 15 is 0 Å². The highest BCUT2D eigenvalue weighted by Gasteiger charge is 2.33. The van der Waals surface area contributed by atoms with Gasteiger partial charge >= 0.3 is 6.03 Å². The molecule has 12 heavy (non-hydrogen) atoms. The van der Waals surface area contributed by atoms with Crippen molar-refractivity contribution in [1.82, 2.24) is 10.4 Å². The molecule has 1 heterocycles. The first kappa shape index (κ1) is 9.32. The van der Waals surface area contributed by atoms with E-state index in [4.69, 9.17) is 0 Å². The van der Waals surface area contributed by atoms with Crippen molar-refractivity contribution in [2.24, 2.45) is 5.92 Å². The second-order valence-corrected chi connectivity index (χ2v) is 3.40. The molecule has 2 amide bonds. The van der Waals surface area contributed by atoms with Crippen LogP contribution in [0.3, 0.4) is 0 Å². The smallest absolute Gasteiger partial charge is 0.320 e. The molecule has 0 saturated carbocycles. The number of amides is 2. The Morgan fingerprint density at radius 3 is 2.67 bits per heavy atom. The molecule has 0 aromatic carbocycles. The standard InChI is InChI=1S/C8H16N2O2/c1-6(2)7-4-5-10(7)8(11)9-12-3/h6-7H,4-5H2,1-3H3,(H,9,11). The normalized spacial score (nSPS) is 22.3. The van der Waals surface area contributed by atoms with E-state index in [1.807, 2.05) is 0 Å². The van der Waals surface area contributed by atoms with Crippen molar-refractivity contribution < 1.29 is 9.63 Å². The van der Waals surface area contributed by atoms with Gasteiger partial charge in [0.25, 0.3) is 0 Å². The Morgan fingerprint density at radius 2 is 2.33 bits per heavy atom. The quantitative estimate of drug-likeness (QED) is 0.631. The van der Waals surface area contributed by atoms with Gasteiger partial charge in [-0.25, -0.2) is 10.3 Å². The molecule has 1 N–H and O–H groups in total. The maximum absolute atomic E-state index is 11.2. The van der Waals surface area contributed by atoms with Crippen LogP contribution >= 0.6 is 0 Å². The summed E-state index contributed by atoms with van der Waals surface area (Å²) >= 11 is 0. The van der Waals surface area contributed by atoms with E-state index < -0.39 is 0 Å². The molecule has 0 aromatic heterocycles. The molecule has 0 radical (unpaired) electrons. The summed E-state index contributed by atoms with van der Waals surface area (Å²) in [5.74, 6) is 0.529. The number of hydroxylamine groups is 1. The second kappa shape index (κ2) is 3.76. The molecule has 0 aliphatic carbocycles. The number of hydrogen-bond acceptors (Lipinski definition) is 2. The number of hydrogen-bond donors (Lipinski definition) is 1. The van der Waals surface area contributed by atoms with Crippen molar-refractivity contribution in [2.75, 3.05) is 13.7 Å². The lowest BCUT2D eigenvalue weighted by atomic mass is 9.92. The van der Waals surface area contributed by atoms with Gasteiger partial charge in [0.05, 0.1) is 7.11 Å². The maximum atomic E-state index is 11.2. The zero-order chi connectivity index (χ0) is 9.14. The molecule has 1 aliphatic heterocycles. The Hall–Kier alpha value is -0.770. The predicted molar refractivity (Wildman–Crippen MR) is 45.5 cm³/mol. The van der Waals surface area contributed by atoms with Gasteiger partial charge in [-0.3, -0.25) is 4.84 Å². The van der Waals surface area contributed by atoms with Gasteiger partial charge in [-0.1, -0.05) is 13.8 Å². The van der Waals surface area contributed by atoms with Crippen LogP contribution in [-0.2, 0) is 4.84 Å². The van der Waals surface area contributed by atoms with E-state index in [0.29, 0.717) is 12.0 Å². The summed E-state index contributed by atoms with van der Waals surface area (Å²) in [6, 6.07) is 0.266. The predicted octanol–water partition coefficient (Wildman–Crippen LogP) is 0.988. The molecule has 1 rings (SSSR count). The highest BCUT2D eigenvalue weighted by molar-refractivity contribution is 5.74. The fourth-order valence-corrected chi connectivity index (χ4v) is 1.50. The number of carbonyl (C=O) groups excluding carboxylic acids is 1. The fraction of sp³-hybridized carbons (Fsp3) is 0.875. The van der Waals surface area contributed by atoms with Crippen LogP contribution in [0.4, 0.5) is 4.79 Å². The van der Waals surface area contributed by atoms with Crippen LogP contribution in [0.25, 0.3) is 0 Å². The second-order valence-electron chi connectivity index (χ2n) is 3.40. The largest absolute Gasteiger partial charge is 0.341 e. The molecule has 0 spiro atoms. The van der Waals surface area contributed by atoms with Crippen molar-refractivity contribution in [3.05, 3.63) is 0 Å². The Bertz CT molecular complexity index is 170. The van der Waals surface area contributed by atoms with Crippen molar-refractivity contribution in [1.29, 1.82) is 0 Å². The Morgan fingerprint density at radius 1 is 1.67 bits per heavy atom. The molecule has 1 atom stereocenters. The van der Waals surface area contributed by atoms with Crippen molar-refractivity contribution >= 4 is 6.03 Å². The van der Waals surface area contributed by atoms with E-state index in [1.54, 1.807) is 4.90 Å². The number of rotatable bonds is 2. The van der Waals surface area contributed by atoms with Crippen LogP contribution < -0.4 is 5.48 Å². The molecule has 0 bridgehead atoms. The fourth-order valence-electron chi connectivity index (χ4n) is 1.50. The Kier molecular flexibility index (Phi) is 2.92. The van der Waals surface area contributed by atoms with Gasteiger partial charge in [-0.2, -0.15) is 0 Å². The van der Waals surface area contributed by atoms with Gasteiger partial charge < -0.3 is 4.90 Å². The lowest BCUT2D eigenvalue weighted by molar-refractivity contribution is 0.0396. The Balaban J connectivity index is 2.38. The summed E-state index contributed by atoms with van der Waals surface area (Å²) in [5.41, 5.74) is 2.32. The van der Waals surface area contributed by atoms with Gasteiger partial charge in [-0.15, -0.1) is 0 Å². The van der Waals surface area contributed by atoms with Crippen LogP contribution in [0.1, 0.15) is 20.3 Å². The Labute approximate surface area is 72.8 Å². The molecule has 70 valence electrons. The summed E-state index contributed by atoms with van der Waals surface area (Å²) in [7, 11) is 1.45. The van der Waals surface area contributed by atoms with E-state index in [1.165, 1.54) is 7.11 Å². The highest BCUT2D eigenvalue weighted by Crippen LogP contribution is 2.23. The molecular weight excluding hydrogens is 156 g/mol. The summed E-state index contributed by atoms with van der Waals surface area (Å²) in [6.07, 6.45) is 1.11. The first-order valence-electron chi connectivity index (χ1n) is 4.26. The van der Waals surface area contributed by atoms with Gasteiger partial charge in [0.15, 0.2) is 0 Å². The zero-order valence-corrected chi connectivity index (χ0v) is 7.83. The number of urea groups is 1. The van der Waals surface area contributed by atoms with Crippen molar-refractivity contribution in [3.8, 4) is 0 Å². The van der Waals surface area contributed by atoms with Gasteiger partial charge in [0.2, 0.25) is 0 Å². The minimum Gasteiger partial charge on any atom is -0.320 e. The van der Waals surface area contributed by atoms with Crippen LogP contribution in [0, 0.1) is 5.92 Å². The van der Waals surface area contributed by atoms with E-state index in [9.17, 15) is 4.79 Å². The minimum atomic E-state index is -0.123. The third kappa shape index (κ3) is 1.69. The van der Waals surface area contributed by atoms with E-state index in [2.05, 4.69) is 24.2 Å². The lowest BCUT2D eigenvalue weighted by Gasteiger charge is -2.42. The molecular formula is C8H16N2O2. The topological polar surface area (TPSA) is 41.6 Å². The van der Waals surface area contributed by atoms with Crippen LogP contribution in [0.5, 0.6) is 0 Å². The molecule has 1 saturated heterocycles. The number of nitrogens with zero attached hydrogens (tertiary/aromatic N) is 1.